The molecular formula is C16H15N3O4. The van der Waals surface area contributed by atoms with Crippen molar-refractivity contribution in [3.63, 3.8) is 0 Å². The molecule has 0 bridgehead atoms. The summed E-state index contributed by atoms with van der Waals surface area (Å²) in [5, 5.41) is 3.88. The highest BCUT2D eigenvalue weighted by atomic mass is 16.6. The first-order valence-corrected chi connectivity index (χ1v) is 6.93. The maximum Gasteiger partial charge on any atom is 0.355 e. The van der Waals surface area contributed by atoms with Crippen molar-refractivity contribution in [3.8, 4) is 17.1 Å². The Balaban J connectivity index is 1.68. The summed E-state index contributed by atoms with van der Waals surface area (Å²) < 4.78 is 17.1. The third kappa shape index (κ3) is 3.23. The van der Waals surface area contributed by atoms with Crippen LogP contribution in [0.4, 0.5) is 0 Å². The normalized spacial score (nSPS) is 10.5. The van der Waals surface area contributed by atoms with Gasteiger partial charge in [0, 0.05) is 18.8 Å². The van der Waals surface area contributed by atoms with Crippen LogP contribution in [0, 0.1) is 0 Å². The van der Waals surface area contributed by atoms with E-state index >= 15 is 0 Å². The Bertz CT molecular complexity index is 822. The molecule has 0 saturated carbocycles. The number of aromatic nitrogens is 3. The summed E-state index contributed by atoms with van der Waals surface area (Å²) in [4.78, 5) is 16.1. The summed E-state index contributed by atoms with van der Waals surface area (Å²) in [6.07, 6.45) is 1.77. The molecule has 0 spiro atoms. The quantitative estimate of drug-likeness (QED) is 0.673. The molecule has 0 radical (unpaired) electrons. The lowest BCUT2D eigenvalue weighted by Gasteiger charge is -2.02. The fourth-order valence-corrected chi connectivity index (χ4v) is 2.07. The Morgan fingerprint density at radius 3 is 2.91 bits per heavy atom. The van der Waals surface area contributed by atoms with Crippen molar-refractivity contribution in [2.75, 3.05) is 7.11 Å². The first-order valence-electron chi connectivity index (χ1n) is 6.93. The monoisotopic (exact) mass is 313 g/mol. The Kier molecular flexibility index (Phi) is 4.09. The van der Waals surface area contributed by atoms with Gasteiger partial charge in [-0.3, -0.25) is 0 Å². The number of rotatable bonds is 5. The van der Waals surface area contributed by atoms with Crippen LogP contribution in [0.2, 0.25) is 0 Å². The van der Waals surface area contributed by atoms with E-state index in [4.69, 9.17) is 14.0 Å². The zero-order valence-corrected chi connectivity index (χ0v) is 12.7. The zero-order valence-electron chi connectivity index (χ0n) is 12.7. The van der Waals surface area contributed by atoms with Gasteiger partial charge in [-0.2, -0.15) is 4.98 Å². The second-order valence-corrected chi connectivity index (χ2v) is 4.82. The molecule has 0 fully saturated rings. The van der Waals surface area contributed by atoms with E-state index in [1.807, 2.05) is 18.2 Å². The fraction of sp³-hybridized carbons (Fsp3) is 0.188. The third-order valence-corrected chi connectivity index (χ3v) is 3.28. The van der Waals surface area contributed by atoms with E-state index in [-0.39, 0.29) is 12.5 Å². The van der Waals surface area contributed by atoms with Gasteiger partial charge in [-0.25, -0.2) is 4.79 Å². The second kappa shape index (κ2) is 6.35. The maximum absolute atomic E-state index is 11.9. The molecule has 7 heteroatoms. The second-order valence-electron chi connectivity index (χ2n) is 4.82. The number of carbonyl (C=O) groups is 1. The average Bonchev–Trinajstić information content (AvgIpc) is 3.21. The molecule has 0 atom stereocenters. The first-order chi connectivity index (χ1) is 11.2. The summed E-state index contributed by atoms with van der Waals surface area (Å²) in [5.74, 6) is 0.891. The number of esters is 1. The molecule has 7 nitrogen and oxygen atoms in total. The van der Waals surface area contributed by atoms with Gasteiger partial charge in [0.15, 0.2) is 6.61 Å². The molecule has 118 valence electrons. The largest absolute Gasteiger partial charge is 0.497 e. The number of methoxy groups -OCH3 is 1. The first kappa shape index (κ1) is 14.8. The number of carbonyl (C=O) groups excluding carboxylic acids is 1. The van der Waals surface area contributed by atoms with Crippen LogP contribution < -0.4 is 4.74 Å². The Hall–Kier alpha value is -3.09. The predicted molar refractivity (Wildman–Crippen MR) is 80.8 cm³/mol. The minimum atomic E-state index is -0.446. The summed E-state index contributed by atoms with van der Waals surface area (Å²) in [7, 11) is 3.36. The lowest BCUT2D eigenvalue weighted by molar-refractivity contribution is 0.0418. The van der Waals surface area contributed by atoms with Crippen LogP contribution in [0.5, 0.6) is 5.75 Å². The summed E-state index contributed by atoms with van der Waals surface area (Å²) in [6.45, 7) is -0.0824. The van der Waals surface area contributed by atoms with Crippen LogP contribution in [-0.2, 0) is 18.4 Å². The SMILES string of the molecule is COc1cccc(-c2noc(COC(=O)c3cccn3C)n2)c1. The van der Waals surface area contributed by atoms with Crippen molar-refractivity contribution in [2.24, 2.45) is 7.05 Å². The minimum absolute atomic E-state index is 0.0824. The van der Waals surface area contributed by atoms with Gasteiger partial charge in [0.2, 0.25) is 5.82 Å². The predicted octanol–water partition coefficient (Wildman–Crippen LogP) is 2.44. The number of nitrogens with zero attached hydrogens (tertiary/aromatic N) is 3. The van der Waals surface area contributed by atoms with Crippen LogP contribution in [0.3, 0.4) is 0 Å². The van der Waals surface area contributed by atoms with Crippen molar-refractivity contribution in [3.05, 3.63) is 54.2 Å². The van der Waals surface area contributed by atoms with Gasteiger partial charge in [-0.05, 0) is 24.3 Å². The highest BCUT2D eigenvalue weighted by Crippen LogP contribution is 2.21. The molecule has 0 amide bonds. The molecule has 1 aromatic carbocycles. The van der Waals surface area contributed by atoms with Gasteiger partial charge in [0.1, 0.15) is 11.4 Å². The molecular weight excluding hydrogens is 298 g/mol. The van der Waals surface area contributed by atoms with Crippen molar-refractivity contribution in [1.29, 1.82) is 0 Å². The highest BCUT2D eigenvalue weighted by molar-refractivity contribution is 5.87. The average molecular weight is 313 g/mol. The number of benzene rings is 1. The summed E-state index contributed by atoms with van der Waals surface area (Å²) >= 11 is 0. The van der Waals surface area contributed by atoms with Gasteiger partial charge >= 0.3 is 5.97 Å². The van der Waals surface area contributed by atoms with Gasteiger partial charge in [-0.1, -0.05) is 17.3 Å². The lowest BCUT2D eigenvalue weighted by Crippen LogP contribution is -2.09. The molecule has 3 aromatic rings. The lowest BCUT2D eigenvalue weighted by atomic mass is 10.2. The van der Waals surface area contributed by atoms with Gasteiger partial charge in [-0.15, -0.1) is 0 Å². The van der Waals surface area contributed by atoms with Crippen LogP contribution in [0.15, 0.2) is 47.1 Å². The van der Waals surface area contributed by atoms with Crippen molar-refractivity contribution in [2.45, 2.75) is 6.61 Å². The van der Waals surface area contributed by atoms with Gasteiger partial charge in [0.25, 0.3) is 5.89 Å². The van der Waals surface area contributed by atoms with Crippen LogP contribution in [-0.4, -0.2) is 27.8 Å². The molecule has 0 aliphatic heterocycles. The number of hydrogen-bond acceptors (Lipinski definition) is 6. The van der Waals surface area contributed by atoms with Gasteiger partial charge in [0.05, 0.1) is 7.11 Å². The maximum atomic E-state index is 11.9. The number of ether oxygens (including phenoxy) is 2. The Labute approximate surface area is 132 Å². The topological polar surface area (TPSA) is 79.4 Å². The van der Waals surface area contributed by atoms with E-state index in [1.54, 1.807) is 43.1 Å². The molecule has 0 aliphatic carbocycles. The summed E-state index contributed by atoms with van der Waals surface area (Å²) in [6, 6.07) is 10.7. The standard InChI is InChI=1S/C16H15N3O4/c1-19-8-4-7-13(19)16(20)22-10-14-17-15(18-23-14)11-5-3-6-12(9-11)21-2/h3-9H,10H2,1-2H3. The van der Waals surface area contributed by atoms with E-state index in [2.05, 4.69) is 10.1 Å². The zero-order chi connectivity index (χ0) is 16.2. The van der Waals surface area contributed by atoms with E-state index in [1.165, 1.54) is 0 Å². The molecule has 0 unspecified atom stereocenters. The molecule has 23 heavy (non-hydrogen) atoms. The van der Waals surface area contributed by atoms with E-state index < -0.39 is 5.97 Å². The van der Waals surface area contributed by atoms with Crippen LogP contribution in [0.25, 0.3) is 11.4 Å². The Morgan fingerprint density at radius 2 is 2.17 bits per heavy atom. The Morgan fingerprint density at radius 1 is 1.30 bits per heavy atom. The molecule has 0 aliphatic rings. The molecule has 3 rings (SSSR count). The van der Waals surface area contributed by atoms with E-state index in [0.29, 0.717) is 17.3 Å². The van der Waals surface area contributed by atoms with Crippen molar-refractivity contribution < 1.29 is 18.8 Å². The van der Waals surface area contributed by atoms with Crippen LogP contribution in [0.1, 0.15) is 16.4 Å². The fourth-order valence-electron chi connectivity index (χ4n) is 2.07. The van der Waals surface area contributed by atoms with E-state index in [9.17, 15) is 4.79 Å². The smallest absolute Gasteiger partial charge is 0.355 e. The minimum Gasteiger partial charge on any atom is -0.497 e. The van der Waals surface area contributed by atoms with E-state index in [0.717, 1.165) is 5.56 Å². The third-order valence-electron chi connectivity index (χ3n) is 3.28. The van der Waals surface area contributed by atoms with Crippen LogP contribution >= 0.6 is 0 Å². The highest BCUT2D eigenvalue weighted by Gasteiger charge is 2.14. The number of aryl methyl sites for hydroxylation is 1. The molecule has 0 N–H and O–H groups in total. The number of hydrogen-bond donors (Lipinski definition) is 0. The van der Waals surface area contributed by atoms with Gasteiger partial charge < -0.3 is 18.6 Å². The summed E-state index contributed by atoms with van der Waals surface area (Å²) in [5.41, 5.74) is 1.21. The molecule has 0 saturated heterocycles. The van der Waals surface area contributed by atoms with Crippen molar-refractivity contribution >= 4 is 5.97 Å². The molecule has 2 heterocycles. The van der Waals surface area contributed by atoms with Crippen molar-refractivity contribution in [1.82, 2.24) is 14.7 Å². The molecule has 2 aromatic heterocycles.